The van der Waals surface area contributed by atoms with Gasteiger partial charge < -0.3 is 10.6 Å². The van der Waals surface area contributed by atoms with E-state index in [0.717, 1.165) is 28.2 Å². The monoisotopic (exact) mass is 407 g/mol. The summed E-state index contributed by atoms with van der Waals surface area (Å²) >= 11 is 0. The van der Waals surface area contributed by atoms with Gasteiger partial charge in [0.15, 0.2) is 0 Å². The molecule has 0 spiro atoms. The highest BCUT2D eigenvalue weighted by atomic mass is 15.2. The third-order valence-electron chi connectivity index (χ3n) is 5.05. The van der Waals surface area contributed by atoms with E-state index in [1.165, 1.54) is 5.56 Å². The number of fused-ring (bicyclic) bond motifs is 1. The van der Waals surface area contributed by atoms with Gasteiger partial charge in [-0.1, -0.05) is 30.3 Å². The Morgan fingerprint density at radius 1 is 0.839 bits per heavy atom. The average Bonchev–Trinajstić information content (AvgIpc) is 3.24. The van der Waals surface area contributed by atoms with Crippen molar-refractivity contribution in [2.75, 3.05) is 10.6 Å². The molecule has 0 aliphatic carbocycles. The van der Waals surface area contributed by atoms with Gasteiger partial charge in [-0.05, 0) is 48.9 Å². The van der Waals surface area contributed by atoms with Gasteiger partial charge >= 0.3 is 0 Å². The SMILES string of the molecule is CC(Nc1nccc(-n2cnc3cc(Nc4ccncc4)ccc32)n1)c1ccccc1. The van der Waals surface area contributed by atoms with E-state index in [0.29, 0.717) is 5.95 Å². The third-order valence-corrected chi connectivity index (χ3v) is 5.05. The van der Waals surface area contributed by atoms with Crippen molar-refractivity contribution in [1.82, 2.24) is 24.5 Å². The van der Waals surface area contributed by atoms with Crippen molar-refractivity contribution in [1.29, 1.82) is 0 Å². The maximum atomic E-state index is 4.70. The molecule has 0 aliphatic rings. The van der Waals surface area contributed by atoms with E-state index in [4.69, 9.17) is 4.98 Å². The molecule has 3 aromatic heterocycles. The van der Waals surface area contributed by atoms with Crippen LogP contribution in [0.2, 0.25) is 0 Å². The van der Waals surface area contributed by atoms with Gasteiger partial charge in [-0.3, -0.25) is 9.55 Å². The fourth-order valence-corrected chi connectivity index (χ4v) is 3.45. The quantitative estimate of drug-likeness (QED) is 0.406. The Morgan fingerprint density at radius 2 is 1.68 bits per heavy atom. The van der Waals surface area contributed by atoms with Crippen LogP contribution in [0.15, 0.2) is 91.6 Å². The number of pyridine rings is 1. The first-order valence-corrected chi connectivity index (χ1v) is 10.1. The third kappa shape index (κ3) is 4.06. The van der Waals surface area contributed by atoms with Crippen molar-refractivity contribution >= 4 is 28.4 Å². The molecular weight excluding hydrogens is 386 g/mol. The molecule has 0 radical (unpaired) electrons. The summed E-state index contributed by atoms with van der Waals surface area (Å²) in [5.74, 6) is 1.33. The van der Waals surface area contributed by atoms with Crippen LogP contribution in [0.3, 0.4) is 0 Å². The molecule has 7 nitrogen and oxygen atoms in total. The number of anilines is 3. The zero-order valence-corrected chi connectivity index (χ0v) is 17.0. The number of aromatic nitrogens is 5. The van der Waals surface area contributed by atoms with Gasteiger partial charge in [0.1, 0.15) is 12.1 Å². The fourth-order valence-electron chi connectivity index (χ4n) is 3.45. The van der Waals surface area contributed by atoms with Crippen LogP contribution in [0.4, 0.5) is 17.3 Å². The summed E-state index contributed by atoms with van der Waals surface area (Å²) in [7, 11) is 0. The summed E-state index contributed by atoms with van der Waals surface area (Å²) in [5.41, 5.74) is 4.98. The Labute approximate surface area is 179 Å². The van der Waals surface area contributed by atoms with Gasteiger partial charge in [0.05, 0.1) is 17.1 Å². The van der Waals surface area contributed by atoms with Crippen molar-refractivity contribution in [3.8, 4) is 5.82 Å². The number of hydrogen-bond donors (Lipinski definition) is 2. The second kappa shape index (κ2) is 8.23. The zero-order chi connectivity index (χ0) is 21.0. The fraction of sp³-hybridized carbons (Fsp3) is 0.0833. The molecule has 2 N–H and O–H groups in total. The Morgan fingerprint density at radius 3 is 2.52 bits per heavy atom. The molecule has 152 valence electrons. The molecule has 0 fully saturated rings. The van der Waals surface area contributed by atoms with E-state index < -0.39 is 0 Å². The minimum Gasteiger partial charge on any atom is -0.355 e. The molecular formula is C24H21N7. The zero-order valence-electron chi connectivity index (χ0n) is 17.0. The number of nitrogens with one attached hydrogen (secondary N) is 2. The van der Waals surface area contributed by atoms with Crippen LogP contribution < -0.4 is 10.6 Å². The van der Waals surface area contributed by atoms with Crippen LogP contribution >= 0.6 is 0 Å². The van der Waals surface area contributed by atoms with Gasteiger partial charge in [-0.25, -0.2) is 9.97 Å². The van der Waals surface area contributed by atoms with Crippen LogP contribution in [-0.4, -0.2) is 24.5 Å². The lowest BCUT2D eigenvalue weighted by Gasteiger charge is -2.14. The molecule has 3 heterocycles. The normalized spacial score (nSPS) is 11.9. The summed E-state index contributed by atoms with van der Waals surface area (Å²) < 4.78 is 1.96. The predicted octanol–water partition coefficient (Wildman–Crippen LogP) is 5.13. The minimum atomic E-state index is 0.0952. The molecule has 0 bridgehead atoms. The highest BCUT2D eigenvalue weighted by molar-refractivity contribution is 5.82. The lowest BCUT2D eigenvalue weighted by molar-refractivity contribution is 0.854. The van der Waals surface area contributed by atoms with Crippen LogP contribution in [0, 0.1) is 0 Å². The molecule has 2 aromatic carbocycles. The minimum absolute atomic E-state index is 0.0952. The number of imidazole rings is 1. The van der Waals surface area contributed by atoms with E-state index in [9.17, 15) is 0 Å². The lowest BCUT2D eigenvalue weighted by atomic mass is 10.1. The first-order chi connectivity index (χ1) is 15.3. The first-order valence-electron chi connectivity index (χ1n) is 10.1. The molecule has 5 rings (SSSR count). The Balaban J connectivity index is 1.40. The lowest BCUT2D eigenvalue weighted by Crippen LogP contribution is -2.10. The molecule has 31 heavy (non-hydrogen) atoms. The van der Waals surface area contributed by atoms with E-state index in [1.807, 2.05) is 59.2 Å². The summed E-state index contributed by atoms with van der Waals surface area (Å²) in [6.45, 7) is 2.09. The molecule has 1 atom stereocenters. The van der Waals surface area contributed by atoms with Crippen molar-refractivity contribution in [3.63, 3.8) is 0 Å². The Hall–Kier alpha value is -4.26. The highest BCUT2D eigenvalue weighted by Gasteiger charge is 2.10. The molecule has 7 heteroatoms. The number of benzene rings is 2. The summed E-state index contributed by atoms with van der Waals surface area (Å²) in [6, 6.07) is 22.1. The van der Waals surface area contributed by atoms with Gasteiger partial charge in [0.2, 0.25) is 5.95 Å². The van der Waals surface area contributed by atoms with Crippen LogP contribution in [0.25, 0.3) is 16.9 Å². The molecule has 0 amide bonds. The topological polar surface area (TPSA) is 80.5 Å². The maximum Gasteiger partial charge on any atom is 0.225 e. The largest absolute Gasteiger partial charge is 0.355 e. The van der Waals surface area contributed by atoms with E-state index >= 15 is 0 Å². The molecule has 0 aliphatic heterocycles. The van der Waals surface area contributed by atoms with Crippen molar-refractivity contribution in [2.45, 2.75) is 13.0 Å². The number of rotatable bonds is 6. The summed E-state index contributed by atoms with van der Waals surface area (Å²) in [6.07, 6.45) is 7.06. The van der Waals surface area contributed by atoms with Gasteiger partial charge in [-0.15, -0.1) is 0 Å². The second-order valence-electron chi connectivity index (χ2n) is 7.19. The predicted molar refractivity (Wildman–Crippen MR) is 123 cm³/mol. The standard InChI is InChI=1S/C24H21N7/c1-17(18-5-3-2-4-6-18)28-24-26-14-11-23(30-24)31-16-27-21-15-20(7-8-22(21)31)29-19-9-12-25-13-10-19/h2-17H,1H3,(H,25,29)(H,26,28,30). The van der Waals surface area contributed by atoms with Crippen LogP contribution in [-0.2, 0) is 0 Å². The van der Waals surface area contributed by atoms with Gasteiger partial charge in [0.25, 0.3) is 0 Å². The molecule has 0 saturated carbocycles. The number of nitrogens with zero attached hydrogens (tertiary/aromatic N) is 5. The van der Waals surface area contributed by atoms with E-state index in [-0.39, 0.29) is 6.04 Å². The smallest absolute Gasteiger partial charge is 0.225 e. The Kier molecular flexibility index (Phi) is 4.98. The van der Waals surface area contributed by atoms with Gasteiger partial charge in [0, 0.05) is 30.0 Å². The summed E-state index contributed by atoms with van der Waals surface area (Å²) in [4.78, 5) is 17.7. The van der Waals surface area contributed by atoms with E-state index in [1.54, 1.807) is 24.9 Å². The molecule has 5 aromatic rings. The summed E-state index contributed by atoms with van der Waals surface area (Å²) in [5, 5.41) is 6.74. The van der Waals surface area contributed by atoms with Gasteiger partial charge in [-0.2, -0.15) is 4.98 Å². The molecule has 0 saturated heterocycles. The first kappa shape index (κ1) is 18.7. The Bertz CT molecular complexity index is 1300. The second-order valence-corrected chi connectivity index (χ2v) is 7.19. The average molecular weight is 407 g/mol. The van der Waals surface area contributed by atoms with Crippen molar-refractivity contribution < 1.29 is 0 Å². The number of hydrogen-bond acceptors (Lipinski definition) is 6. The molecule has 1 unspecified atom stereocenters. The highest BCUT2D eigenvalue weighted by Crippen LogP contribution is 2.24. The van der Waals surface area contributed by atoms with Crippen molar-refractivity contribution in [3.05, 3.63) is 97.2 Å². The van der Waals surface area contributed by atoms with Crippen molar-refractivity contribution in [2.24, 2.45) is 0 Å². The van der Waals surface area contributed by atoms with Crippen LogP contribution in [0.5, 0.6) is 0 Å². The van der Waals surface area contributed by atoms with E-state index in [2.05, 4.69) is 44.6 Å². The maximum absolute atomic E-state index is 4.70. The van der Waals surface area contributed by atoms with Crippen LogP contribution in [0.1, 0.15) is 18.5 Å².